The molecule has 1 saturated heterocycles. The molecule has 0 spiro atoms. The van der Waals surface area contributed by atoms with Crippen molar-refractivity contribution in [2.24, 2.45) is 0 Å². The van der Waals surface area contributed by atoms with Gasteiger partial charge in [-0.1, -0.05) is 30.3 Å². The molecule has 2 aromatic rings. The summed E-state index contributed by atoms with van der Waals surface area (Å²) in [7, 11) is 0. The first-order chi connectivity index (χ1) is 12.7. The summed E-state index contributed by atoms with van der Waals surface area (Å²) in [6.45, 7) is 3.29. The van der Waals surface area contributed by atoms with Crippen LogP contribution < -0.4 is 15.0 Å². The summed E-state index contributed by atoms with van der Waals surface area (Å²) >= 11 is 0. The van der Waals surface area contributed by atoms with E-state index in [0.29, 0.717) is 5.75 Å². The van der Waals surface area contributed by atoms with Gasteiger partial charge < -0.3 is 24.8 Å². The first kappa shape index (κ1) is 18.2. The molecule has 0 radical (unpaired) electrons. The minimum atomic E-state index is -0.755. The molecule has 0 aromatic heterocycles. The van der Waals surface area contributed by atoms with Crippen LogP contribution in [0.5, 0.6) is 5.75 Å². The predicted molar refractivity (Wildman–Crippen MR) is 99.4 cm³/mol. The lowest BCUT2D eigenvalue weighted by atomic mass is 10.1. The van der Waals surface area contributed by atoms with Gasteiger partial charge in [-0.15, -0.1) is 0 Å². The van der Waals surface area contributed by atoms with Crippen molar-refractivity contribution in [2.45, 2.75) is 6.10 Å². The molecular formula is C20H24N2O4. The number of aliphatic hydroxyl groups is 1. The maximum absolute atomic E-state index is 11.8. The fourth-order valence-electron chi connectivity index (χ4n) is 2.77. The van der Waals surface area contributed by atoms with E-state index in [1.807, 2.05) is 42.5 Å². The lowest BCUT2D eigenvalue weighted by molar-refractivity contribution is -0.123. The third kappa shape index (κ3) is 5.21. The molecule has 0 bridgehead atoms. The van der Waals surface area contributed by atoms with Crippen molar-refractivity contribution in [1.29, 1.82) is 0 Å². The molecule has 1 heterocycles. The van der Waals surface area contributed by atoms with E-state index in [-0.39, 0.29) is 19.1 Å². The average Bonchev–Trinajstić information content (AvgIpc) is 2.72. The summed E-state index contributed by atoms with van der Waals surface area (Å²) < 4.78 is 10.7. The molecule has 1 fully saturated rings. The molecule has 138 valence electrons. The van der Waals surface area contributed by atoms with Gasteiger partial charge in [-0.05, 0) is 29.8 Å². The van der Waals surface area contributed by atoms with Gasteiger partial charge in [-0.3, -0.25) is 4.79 Å². The number of ether oxygens (including phenoxy) is 2. The maximum atomic E-state index is 11.8. The number of carbonyl (C=O) groups excluding carboxylic acids is 1. The molecule has 26 heavy (non-hydrogen) atoms. The van der Waals surface area contributed by atoms with Crippen molar-refractivity contribution < 1.29 is 19.4 Å². The van der Waals surface area contributed by atoms with Crippen molar-refractivity contribution in [3.05, 3.63) is 60.2 Å². The Balaban J connectivity index is 1.43. The topological polar surface area (TPSA) is 71.0 Å². The van der Waals surface area contributed by atoms with Crippen LogP contribution in [0.2, 0.25) is 0 Å². The first-order valence-corrected chi connectivity index (χ1v) is 8.77. The molecule has 0 saturated carbocycles. The van der Waals surface area contributed by atoms with Crippen molar-refractivity contribution in [1.82, 2.24) is 5.32 Å². The average molecular weight is 356 g/mol. The quantitative estimate of drug-likeness (QED) is 0.791. The van der Waals surface area contributed by atoms with E-state index in [1.54, 1.807) is 12.1 Å². The second-order valence-electron chi connectivity index (χ2n) is 6.11. The van der Waals surface area contributed by atoms with Crippen LogP contribution in [0, 0.1) is 0 Å². The number of anilines is 1. The van der Waals surface area contributed by atoms with Gasteiger partial charge in [0.1, 0.15) is 5.75 Å². The van der Waals surface area contributed by atoms with E-state index in [2.05, 4.69) is 10.2 Å². The Morgan fingerprint density at radius 3 is 2.50 bits per heavy atom. The molecule has 1 amide bonds. The van der Waals surface area contributed by atoms with Gasteiger partial charge in [-0.25, -0.2) is 0 Å². The molecule has 1 unspecified atom stereocenters. The Morgan fingerprint density at radius 1 is 1.12 bits per heavy atom. The summed E-state index contributed by atoms with van der Waals surface area (Å²) in [4.78, 5) is 14.1. The smallest absolute Gasteiger partial charge is 0.258 e. The number of nitrogens with zero attached hydrogens (tertiary/aromatic N) is 1. The summed E-state index contributed by atoms with van der Waals surface area (Å²) in [5.41, 5.74) is 1.89. The Labute approximate surface area is 153 Å². The number of carbonyl (C=O) groups is 1. The highest BCUT2D eigenvalue weighted by Gasteiger charge is 2.13. The Bertz CT molecular complexity index is 685. The van der Waals surface area contributed by atoms with Crippen LogP contribution in [0.4, 0.5) is 5.69 Å². The van der Waals surface area contributed by atoms with E-state index in [4.69, 9.17) is 9.47 Å². The van der Waals surface area contributed by atoms with Crippen LogP contribution in [0.15, 0.2) is 54.6 Å². The van der Waals surface area contributed by atoms with Gasteiger partial charge in [0.05, 0.1) is 19.3 Å². The summed E-state index contributed by atoms with van der Waals surface area (Å²) in [5, 5.41) is 13.0. The van der Waals surface area contributed by atoms with Crippen LogP contribution in [0.1, 0.15) is 11.7 Å². The number of benzene rings is 2. The zero-order chi connectivity index (χ0) is 18.2. The first-order valence-electron chi connectivity index (χ1n) is 8.77. The van der Waals surface area contributed by atoms with E-state index >= 15 is 0 Å². The fourth-order valence-corrected chi connectivity index (χ4v) is 2.77. The number of rotatable bonds is 7. The lowest BCUT2D eigenvalue weighted by Gasteiger charge is -2.29. The number of hydrogen-bond acceptors (Lipinski definition) is 5. The van der Waals surface area contributed by atoms with E-state index in [0.717, 1.165) is 37.6 Å². The monoisotopic (exact) mass is 356 g/mol. The molecule has 6 heteroatoms. The number of para-hydroxylation sites is 1. The molecule has 2 N–H and O–H groups in total. The van der Waals surface area contributed by atoms with Crippen LogP contribution in [0.3, 0.4) is 0 Å². The largest absolute Gasteiger partial charge is 0.484 e. The molecule has 0 aliphatic carbocycles. The lowest BCUT2D eigenvalue weighted by Crippen LogP contribution is -2.36. The second kappa shape index (κ2) is 9.22. The van der Waals surface area contributed by atoms with Gasteiger partial charge in [0.25, 0.3) is 5.91 Å². The van der Waals surface area contributed by atoms with Gasteiger partial charge in [0.2, 0.25) is 0 Å². The van der Waals surface area contributed by atoms with E-state index in [9.17, 15) is 9.90 Å². The van der Waals surface area contributed by atoms with Gasteiger partial charge in [-0.2, -0.15) is 0 Å². The fraction of sp³-hybridized carbons (Fsp3) is 0.350. The summed E-state index contributed by atoms with van der Waals surface area (Å²) in [6, 6.07) is 16.9. The third-order valence-corrected chi connectivity index (χ3v) is 4.26. The molecule has 3 rings (SSSR count). The van der Waals surface area contributed by atoms with Gasteiger partial charge >= 0.3 is 0 Å². The van der Waals surface area contributed by atoms with Crippen LogP contribution in [0.25, 0.3) is 0 Å². The number of morpholine rings is 1. The van der Waals surface area contributed by atoms with E-state index in [1.165, 1.54) is 0 Å². The second-order valence-corrected chi connectivity index (χ2v) is 6.11. The Kier molecular flexibility index (Phi) is 6.46. The van der Waals surface area contributed by atoms with Crippen molar-refractivity contribution in [3.63, 3.8) is 0 Å². The highest BCUT2D eigenvalue weighted by Crippen LogP contribution is 2.20. The SMILES string of the molecule is O=C(COc1ccccc1)NCC(O)c1ccc(N2CCOCC2)cc1. The minimum absolute atomic E-state index is 0.0767. The Hall–Kier alpha value is -2.57. The number of nitrogens with one attached hydrogen (secondary N) is 1. The van der Waals surface area contributed by atoms with Crippen LogP contribution in [-0.2, 0) is 9.53 Å². The van der Waals surface area contributed by atoms with Crippen molar-refractivity contribution >= 4 is 11.6 Å². The highest BCUT2D eigenvalue weighted by molar-refractivity contribution is 5.77. The molecule has 1 atom stereocenters. The number of aliphatic hydroxyl groups excluding tert-OH is 1. The zero-order valence-electron chi connectivity index (χ0n) is 14.6. The van der Waals surface area contributed by atoms with Crippen molar-refractivity contribution in [2.75, 3.05) is 44.4 Å². The molecule has 1 aliphatic heterocycles. The predicted octanol–water partition coefficient (Wildman–Crippen LogP) is 1.75. The third-order valence-electron chi connectivity index (χ3n) is 4.26. The van der Waals surface area contributed by atoms with Crippen LogP contribution in [-0.4, -0.2) is 50.5 Å². The van der Waals surface area contributed by atoms with Crippen LogP contribution >= 0.6 is 0 Å². The normalized spacial score (nSPS) is 15.3. The van der Waals surface area contributed by atoms with Gasteiger partial charge in [0, 0.05) is 25.3 Å². The molecule has 1 aliphatic rings. The molecule has 2 aromatic carbocycles. The number of hydrogen-bond donors (Lipinski definition) is 2. The summed E-state index contributed by atoms with van der Waals surface area (Å²) in [6.07, 6.45) is -0.755. The van der Waals surface area contributed by atoms with E-state index < -0.39 is 6.10 Å². The zero-order valence-corrected chi connectivity index (χ0v) is 14.6. The Morgan fingerprint density at radius 2 is 1.81 bits per heavy atom. The highest BCUT2D eigenvalue weighted by atomic mass is 16.5. The van der Waals surface area contributed by atoms with Crippen molar-refractivity contribution in [3.8, 4) is 5.75 Å². The van der Waals surface area contributed by atoms with Gasteiger partial charge in [0.15, 0.2) is 6.61 Å². The standard InChI is InChI=1S/C20H24N2O4/c23-19(14-21-20(24)15-26-18-4-2-1-3-5-18)16-6-8-17(9-7-16)22-10-12-25-13-11-22/h1-9,19,23H,10-15H2,(H,21,24). The maximum Gasteiger partial charge on any atom is 0.258 e. The summed E-state index contributed by atoms with van der Waals surface area (Å²) in [5.74, 6) is 0.375. The molecular weight excluding hydrogens is 332 g/mol. The molecule has 6 nitrogen and oxygen atoms in total. The number of amides is 1. The minimum Gasteiger partial charge on any atom is -0.484 e.